The van der Waals surface area contributed by atoms with E-state index in [9.17, 15) is 24.3 Å². The molecule has 1 aromatic rings. The van der Waals surface area contributed by atoms with Crippen molar-refractivity contribution in [1.29, 1.82) is 0 Å². The van der Waals surface area contributed by atoms with Crippen molar-refractivity contribution in [2.45, 2.75) is 25.6 Å². The number of hydrazine groups is 1. The second-order valence-electron chi connectivity index (χ2n) is 6.67. The zero-order valence-electron chi connectivity index (χ0n) is 14.7. The van der Waals surface area contributed by atoms with Gasteiger partial charge in [-0.2, -0.15) is 0 Å². The Morgan fingerprint density at radius 3 is 2.37 bits per heavy atom. The fourth-order valence-corrected chi connectivity index (χ4v) is 3.46. The van der Waals surface area contributed by atoms with Crippen LogP contribution in [0.2, 0.25) is 0 Å². The van der Waals surface area contributed by atoms with E-state index >= 15 is 0 Å². The Bertz CT molecular complexity index is 834. The summed E-state index contributed by atoms with van der Waals surface area (Å²) in [6.45, 7) is 3.01. The Balaban J connectivity index is 1.63. The normalized spacial score (nSPS) is 27.9. The van der Waals surface area contributed by atoms with Crippen molar-refractivity contribution < 1.29 is 29.0 Å². The fraction of sp³-hybridized carbons (Fsp3) is 0.333. The number of ether oxygens (including phenoxy) is 1. The molecular formula is C18H19N3O6. The van der Waals surface area contributed by atoms with E-state index in [2.05, 4.69) is 16.2 Å². The van der Waals surface area contributed by atoms with Crippen LogP contribution in [0, 0.1) is 11.8 Å². The van der Waals surface area contributed by atoms with Crippen molar-refractivity contribution in [2.24, 2.45) is 11.8 Å². The van der Waals surface area contributed by atoms with Gasteiger partial charge in [0, 0.05) is 18.2 Å². The molecule has 0 aromatic heterocycles. The average Bonchev–Trinajstić information content (AvgIpc) is 3.13. The maximum absolute atomic E-state index is 12.5. The molecule has 27 heavy (non-hydrogen) atoms. The van der Waals surface area contributed by atoms with Gasteiger partial charge in [-0.3, -0.25) is 30.0 Å². The average molecular weight is 373 g/mol. The molecule has 9 nitrogen and oxygen atoms in total. The standard InChI is InChI=1S/C18H19N3O6/c1-9(22)19-11-5-3-10(4-6-11)15(23)20-21-16(24)14-13(17(25)26)12-7-8-18(14,2)27-12/h3-8,12-14H,1-2H3,(H,19,22)(H,20,23)(H,21,24)(H,25,26)/t12-,13+,14-,18-/m1/s1. The molecule has 2 bridgehead atoms. The van der Waals surface area contributed by atoms with E-state index < -0.39 is 41.3 Å². The lowest BCUT2D eigenvalue weighted by Gasteiger charge is -2.27. The Kier molecular flexibility index (Phi) is 4.71. The summed E-state index contributed by atoms with van der Waals surface area (Å²) in [5.41, 5.74) is 4.32. The second-order valence-corrected chi connectivity index (χ2v) is 6.67. The van der Waals surface area contributed by atoms with Crippen LogP contribution in [0.3, 0.4) is 0 Å². The summed E-state index contributed by atoms with van der Waals surface area (Å²) in [5, 5.41) is 12.0. The van der Waals surface area contributed by atoms with Crippen molar-refractivity contribution in [3.05, 3.63) is 42.0 Å². The number of hydrogen-bond acceptors (Lipinski definition) is 5. The predicted molar refractivity (Wildman–Crippen MR) is 93.4 cm³/mol. The highest BCUT2D eigenvalue weighted by Gasteiger charge is 2.59. The maximum atomic E-state index is 12.5. The van der Waals surface area contributed by atoms with E-state index in [-0.39, 0.29) is 11.5 Å². The minimum atomic E-state index is -1.13. The molecule has 142 valence electrons. The Morgan fingerprint density at radius 2 is 1.78 bits per heavy atom. The molecule has 3 rings (SSSR count). The minimum absolute atomic E-state index is 0.233. The summed E-state index contributed by atoms with van der Waals surface area (Å²) >= 11 is 0. The molecule has 3 amide bonds. The summed E-state index contributed by atoms with van der Waals surface area (Å²) in [4.78, 5) is 47.2. The molecule has 1 aromatic carbocycles. The Morgan fingerprint density at radius 1 is 1.11 bits per heavy atom. The zero-order chi connectivity index (χ0) is 19.8. The van der Waals surface area contributed by atoms with Crippen LogP contribution in [0.25, 0.3) is 0 Å². The number of carboxylic acids is 1. The van der Waals surface area contributed by atoms with Gasteiger partial charge in [0.1, 0.15) is 5.92 Å². The van der Waals surface area contributed by atoms with Crippen molar-refractivity contribution in [1.82, 2.24) is 10.9 Å². The van der Waals surface area contributed by atoms with Crippen LogP contribution >= 0.6 is 0 Å². The number of carbonyl (C=O) groups excluding carboxylic acids is 3. The van der Waals surface area contributed by atoms with Crippen molar-refractivity contribution >= 4 is 29.4 Å². The monoisotopic (exact) mass is 373 g/mol. The number of carboxylic acid groups (broad SMARTS) is 1. The highest BCUT2D eigenvalue weighted by atomic mass is 16.5. The third-order valence-electron chi connectivity index (χ3n) is 4.67. The maximum Gasteiger partial charge on any atom is 0.310 e. The Hall–Kier alpha value is -3.20. The van der Waals surface area contributed by atoms with Crippen molar-refractivity contribution in [2.75, 3.05) is 5.32 Å². The van der Waals surface area contributed by atoms with E-state index in [0.717, 1.165) is 0 Å². The highest BCUT2D eigenvalue weighted by molar-refractivity contribution is 5.97. The lowest BCUT2D eigenvalue weighted by Crippen LogP contribution is -2.52. The molecule has 9 heteroatoms. The van der Waals surface area contributed by atoms with Gasteiger partial charge in [0.2, 0.25) is 11.8 Å². The molecule has 2 aliphatic heterocycles. The second kappa shape index (κ2) is 6.84. The quantitative estimate of drug-likeness (QED) is 0.447. The largest absolute Gasteiger partial charge is 0.481 e. The number of anilines is 1. The fourth-order valence-electron chi connectivity index (χ4n) is 3.46. The molecule has 1 fully saturated rings. The van der Waals surface area contributed by atoms with Crippen LogP contribution in [0.5, 0.6) is 0 Å². The van der Waals surface area contributed by atoms with E-state index in [1.54, 1.807) is 31.2 Å². The SMILES string of the molecule is CC(=O)Nc1ccc(C(=O)NNC(=O)[C@H]2[C@@H](C(=O)O)[C@H]3C=C[C@@]2(C)O3)cc1. The lowest BCUT2D eigenvalue weighted by molar-refractivity contribution is -0.147. The molecule has 4 atom stereocenters. The first-order chi connectivity index (χ1) is 12.7. The summed E-state index contributed by atoms with van der Waals surface area (Å²) < 4.78 is 5.60. The van der Waals surface area contributed by atoms with Crippen LogP contribution in [0.4, 0.5) is 5.69 Å². The van der Waals surface area contributed by atoms with Gasteiger partial charge in [0.05, 0.1) is 17.6 Å². The van der Waals surface area contributed by atoms with E-state index in [1.807, 2.05) is 0 Å². The highest BCUT2D eigenvalue weighted by Crippen LogP contribution is 2.46. The summed E-state index contributed by atoms with van der Waals surface area (Å²) in [6.07, 6.45) is 2.64. The number of benzene rings is 1. The van der Waals surface area contributed by atoms with Crippen molar-refractivity contribution in [3.63, 3.8) is 0 Å². The van der Waals surface area contributed by atoms with Crippen molar-refractivity contribution in [3.8, 4) is 0 Å². The van der Waals surface area contributed by atoms with Gasteiger partial charge in [-0.15, -0.1) is 0 Å². The molecule has 0 spiro atoms. The topological polar surface area (TPSA) is 134 Å². The molecule has 2 aliphatic rings. The van der Waals surface area contributed by atoms with Crippen LogP contribution in [0.1, 0.15) is 24.2 Å². The minimum Gasteiger partial charge on any atom is -0.481 e. The van der Waals surface area contributed by atoms with Gasteiger partial charge < -0.3 is 15.2 Å². The smallest absolute Gasteiger partial charge is 0.310 e. The third-order valence-corrected chi connectivity index (χ3v) is 4.67. The van der Waals surface area contributed by atoms with E-state index in [0.29, 0.717) is 5.69 Å². The molecule has 0 radical (unpaired) electrons. The van der Waals surface area contributed by atoms with E-state index in [1.165, 1.54) is 19.1 Å². The molecule has 0 unspecified atom stereocenters. The molecular weight excluding hydrogens is 354 g/mol. The molecule has 1 saturated heterocycles. The molecule has 4 N–H and O–H groups in total. The number of aliphatic carboxylic acids is 1. The number of amides is 3. The number of carbonyl (C=O) groups is 4. The number of rotatable bonds is 4. The predicted octanol–water partition coefficient (Wildman–Crippen LogP) is 0.450. The van der Waals surface area contributed by atoms with Gasteiger partial charge >= 0.3 is 5.97 Å². The summed E-state index contributed by atoms with van der Waals surface area (Å²) in [5.74, 6) is -4.56. The molecule has 0 aliphatic carbocycles. The first-order valence-corrected chi connectivity index (χ1v) is 8.29. The summed E-state index contributed by atoms with van der Waals surface area (Å²) in [6, 6.07) is 6.07. The molecule has 0 saturated carbocycles. The van der Waals surface area contributed by atoms with Gasteiger partial charge in [-0.05, 0) is 31.2 Å². The van der Waals surface area contributed by atoms with Gasteiger partial charge in [-0.25, -0.2) is 0 Å². The van der Waals surface area contributed by atoms with Crippen LogP contribution in [-0.4, -0.2) is 40.5 Å². The van der Waals surface area contributed by atoms with Crippen LogP contribution in [0.15, 0.2) is 36.4 Å². The van der Waals surface area contributed by atoms with Gasteiger partial charge in [0.25, 0.3) is 5.91 Å². The Labute approximate surface area is 154 Å². The van der Waals surface area contributed by atoms with Gasteiger partial charge in [-0.1, -0.05) is 12.2 Å². The van der Waals surface area contributed by atoms with Crippen LogP contribution < -0.4 is 16.2 Å². The first-order valence-electron chi connectivity index (χ1n) is 8.29. The third kappa shape index (κ3) is 3.54. The van der Waals surface area contributed by atoms with E-state index in [4.69, 9.17) is 4.74 Å². The summed E-state index contributed by atoms with van der Waals surface area (Å²) in [7, 11) is 0. The number of hydrogen-bond donors (Lipinski definition) is 4. The first kappa shape index (κ1) is 18.6. The number of fused-ring (bicyclic) bond motifs is 2. The van der Waals surface area contributed by atoms with Gasteiger partial charge in [0.15, 0.2) is 0 Å². The lowest BCUT2D eigenvalue weighted by atomic mass is 9.76. The van der Waals surface area contributed by atoms with Crippen LogP contribution in [-0.2, 0) is 19.1 Å². The molecule has 2 heterocycles. The zero-order valence-corrected chi connectivity index (χ0v) is 14.7. The number of nitrogens with one attached hydrogen (secondary N) is 3.